The highest BCUT2D eigenvalue weighted by Crippen LogP contribution is 2.21. The van der Waals surface area contributed by atoms with E-state index in [4.69, 9.17) is 5.11 Å². The van der Waals surface area contributed by atoms with Gasteiger partial charge in [0.25, 0.3) is 0 Å². The fourth-order valence-electron chi connectivity index (χ4n) is 0.172. The maximum atomic E-state index is 10.1. The third-order valence-corrected chi connectivity index (χ3v) is 1.21. The van der Waals surface area contributed by atoms with E-state index < -0.39 is 13.7 Å². The molecule has 0 radical (unpaired) electrons. The van der Waals surface area contributed by atoms with Crippen LogP contribution in [0, 0.1) is 0 Å². The standard InChI is InChI=1S/C3H5O4P/c1-2-7-8(6)3(4)5/h2H2,1H3/p+1. The van der Waals surface area contributed by atoms with Crippen LogP contribution in [0.2, 0.25) is 0 Å². The molecule has 4 nitrogen and oxygen atoms in total. The topological polar surface area (TPSA) is 63.6 Å². The Morgan fingerprint density at radius 2 is 2.38 bits per heavy atom. The first kappa shape index (κ1) is 7.53. The molecule has 0 saturated heterocycles. The summed E-state index contributed by atoms with van der Waals surface area (Å²) in [4.78, 5) is 9.68. The van der Waals surface area contributed by atoms with Crippen molar-refractivity contribution < 1.29 is 19.0 Å². The number of rotatable bonds is 3. The molecule has 46 valence electrons. The second kappa shape index (κ2) is 3.52. The molecule has 1 N–H and O–H groups in total. The number of carboxylic acid groups (broad SMARTS) is 1. The monoisotopic (exact) mass is 137 g/mol. The van der Waals surface area contributed by atoms with E-state index in [9.17, 15) is 9.36 Å². The van der Waals surface area contributed by atoms with Crippen molar-refractivity contribution in [2.24, 2.45) is 0 Å². The fraction of sp³-hybridized carbons (Fsp3) is 0.667. The van der Waals surface area contributed by atoms with E-state index in [1.807, 2.05) is 0 Å². The van der Waals surface area contributed by atoms with Crippen LogP contribution < -0.4 is 0 Å². The molecule has 1 unspecified atom stereocenters. The predicted octanol–water partition coefficient (Wildman–Crippen LogP) is 1.44. The van der Waals surface area contributed by atoms with Gasteiger partial charge in [-0.05, 0) is 11.5 Å². The van der Waals surface area contributed by atoms with Crippen LogP contribution in [-0.2, 0) is 9.09 Å². The molecule has 5 heteroatoms. The lowest BCUT2D eigenvalue weighted by Crippen LogP contribution is -1.86. The molecule has 0 heterocycles. The Balaban J connectivity index is 3.49. The first-order chi connectivity index (χ1) is 3.68. The molecule has 0 aliphatic carbocycles. The van der Waals surface area contributed by atoms with Crippen molar-refractivity contribution in [1.29, 1.82) is 0 Å². The average molecular weight is 137 g/mol. The highest BCUT2D eigenvalue weighted by atomic mass is 31.1. The maximum absolute atomic E-state index is 10.1. The Hall–Kier alpha value is -0.470. The van der Waals surface area contributed by atoms with Gasteiger partial charge in [-0.1, -0.05) is 0 Å². The van der Waals surface area contributed by atoms with E-state index in [1.165, 1.54) is 0 Å². The van der Waals surface area contributed by atoms with Gasteiger partial charge in [0, 0.05) is 0 Å². The van der Waals surface area contributed by atoms with Gasteiger partial charge in [-0.3, -0.25) is 0 Å². The molecular weight excluding hydrogens is 131 g/mol. The molecule has 1 atom stereocenters. The van der Waals surface area contributed by atoms with Gasteiger partial charge < -0.3 is 5.11 Å². The molecule has 8 heavy (non-hydrogen) atoms. The van der Waals surface area contributed by atoms with Crippen molar-refractivity contribution in [2.75, 3.05) is 6.61 Å². The van der Waals surface area contributed by atoms with Crippen LogP contribution in [-0.4, -0.2) is 17.4 Å². The van der Waals surface area contributed by atoms with E-state index in [2.05, 4.69) is 4.52 Å². The van der Waals surface area contributed by atoms with E-state index in [0.717, 1.165) is 0 Å². The predicted molar refractivity (Wildman–Crippen MR) is 27.3 cm³/mol. The zero-order valence-corrected chi connectivity index (χ0v) is 5.22. The average Bonchev–Trinajstić information content (AvgIpc) is 1.67. The SMILES string of the molecule is CCO[P+](=O)C(=O)O. The second-order valence-corrected chi connectivity index (χ2v) is 2.11. The molecule has 0 bridgehead atoms. The number of carbonyl (C=O) groups is 1. The molecule has 0 rings (SSSR count). The molecule has 0 saturated carbocycles. The zero-order chi connectivity index (χ0) is 6.57. The Kier molecular flexibility index (Phi) is 3.31. The van der Waals surface area contributed by atoms with Crippen molar-refractivity contribution in [3.05, 3.63) is 0 Å². The Bertz CT molecular complexity index is 110. The lowest BCUT2D eigenvalue weighted by Gasteiger charge is -1.73. The van der Waals surface area contributed by atoms with Gasteiger partial charge in [-0.25, -0.2) is 0 Å². The van der Waals surface area contributed by atoms with E-state index >= 15 is 0 Å². The maximum Gasteiger partial charge on any atom is 0.635 e. The minimum Gasteiger partial charge on any atom is -0.441 e. The summed E-state index contributed by atoms with van der Waals surface area (Å²) in [6.07, 6.45) is 0. The first-order valence-corrected chi connectivity index (χ1v) is 3.19. The van der Waals surface area contributed by atoms with E-state index in [-0.39, 0.29) is 6.61 Å². The Morgan fingerprint density at radius 1 is 1.88 bits per heavy atom. The minimum absolute atomic E-state index is 0.168. The summed E-state index contributed by atoms with van der Waals surface area (Å²) in [7, 11) is -2.47. The summed E-state index contributed by atoms with van der Waals surface area (Å²) in [5, 5.41) is 7.90. The van der Waals surface area contributed by atoms with Crippen molar-refractivity contribution in [3.8, 4) is 0 Å². The van der Waals surface area contributed by atoms with Crippen LogP contribution in [0.5, 0.6) is 0 Å². The lowest BCUT2D eigenvalue weighted by atomic mass is 10.9. The summed E-state index contributed by atoms with van der Waals surface area (Å²) in [5.41, 5.74) is -1.40. The molecular formula is C3H6O4P+. The molecule has 0 aliphatic heterocycles. The molecule has 0 aromatic rings. The van der Waals surface area contributed by atoms with Crippen LogP contribution in [0.15, 0.2) is 0 Å². The highest BCUT2D eigenvalue weighted by molar-refractivity contribution is 7.58. The molecule has 0 amide bonds. The summed E-state index contributed by atoms with van der Waals surface area (Å²) >= 11 is 0. The van der Waals surface area contributed by atoms with Crippen LogP contribution >= 0.6 is 8.03 Å². The van der Waals surface area contributed by atoms with Gasteiger partial charge in [-0.15, -0.1) is 4.52 Å². The van der Waals surface area contributed by atoms with Gasteiger partial charge in [0.1, 0.15) is 6.61 Å². The van der Waals surface area contributed by atoms with Crippen LogP contribution in [0.3, 0.4) is 0 Å². The Morgan fingerprint density at radius 3 is 2.50 bits per heavy atom. The summed E-state index contributed by atoms with van der Waals surface area (Å²) in [6.45, 7) is 1.75. The molecule has 0 aromatic carbocycles. The molecule has 0 spiro atoms. The summed E-state index contributed by atoms with van der Waals surface area (Å²) < 4.78 is 14.3. The van der Waals surface area contributed by atoms with Gasteiger partial charge >= 0.3 is 13.7 Å². The van der Waals surface area contributed by atoms with Crippen LogP contribution in [0.25, 0.3) is 0 Å². The summed E-state index contributed by atoms with van der Waals surface area (Å²) in [6, 6.07) is 0. The number of hydrogen-bond donors (Lipinski definition) is 1. The Labute approximate surface area is 47.3 Å². The third kappa shape index (κ3) is 2.66. The van der Waals surface area contributed by atoms with Gasteiger partial charge in [-0.2, -0.15) is 4.79 Å². The normalized spacial score (nSPS) is 10.9. The van der Waals surface area contributed by atoms with Crippen molar-refractivity contribution >= 4 is 13.7 Å². The van der Waals surface area contributed by atoms with Crippen molar-refractivity contribution in [1.82, 2.24) is 0 Å². The number of hydrogen-bond acceptors (Lipinski definition) is 3. The second-order valence-electron chi connectivity index (χ2n) is 0.957. The van der Waals surface area contributed by atoms with Crippen molar-refractivity contribution in [2.45, 2.75) is 6.92 Å². The zero-order valence-electron chi connectivity index (χ0n) is 4.33. The molecule has 0 aromatic heterocycles. The minimum atomic E-state index is -2.47. The third-order valence-electron chi connectivity index (χ3n) is 0.403. The van der Waals surface area contributed by atoms with Gasteiger partial charge in [0.15, 0.2) is 0 Å². The highest BCUT2D eigenvalue weighted by Gasteiger charge is 2.29. The largest absolute Gasteiger partial charge is 0.635 e. The van der Waals surface area contributed by atoms with Crippen LogP contribution in [0.4, 0.5) is 4.79 Å². The van der Waals surface area contributed by atoms with Gasteiger partial charge in [0.05, 0.1) is 0 Å². The van der Waals surface area contributed by atoms with Crippen LogP contribution in [0.1, 0.15) is 6.92 Å². The molecule has 0 fully saturated rings. The van der Waals surface area contributed by atoms with E-state index in [1.54, 1.807) is 6.92 Å². The summed E-state index contributed by atoms with van der Waals surface area (Å²) in [5.74, 6) is 0. The smallest absolute Gasteiger partial charge is 0.441 e. The fourth-order valence-corrected chi connectivity index (χ4v) is 0.517. The lowest BCUT2D eigenvalue weighted by molar-refractivity contribution is 0.213. The quantitative estimate of drug-likeness (QED) is 0.597. The first-order valence-electron chi connectivity index (χ1n) is 2.01. The molecule has 0 aliphatic rings. The van der Waals surface area contributed by atoms with Gasteiger partial charge in [0.2, 0.25) is 0 Å². The van der Waals surface area contributed by atoms with E-state index in [0.29, 0.717) is 0 Å². The van der Waals surface area contributed by atoms with Crippen molar-refractivity contribution in [3.63, 3.8) is 0 Å².